The number of rotatable bonds is 4. The second-order valence-corrected chi connectivity index (χ2v) is 4.20. The fraction of sp³-hybridized carbons (Fsp3) is 0.267. The normalized spacial score (nSPS) is 11.8. The molecule has 1 aromatic carbocycles. The Morgan fingerprint density at radius 2 is 2.28 bits per heavy atom. The summed E-state index contributed by atoms with van der Waals surface area (Å²) in [6, 6.07) is 8.11. The van der Waals surface area contributed by atoms with Gasteiger partial charge in [0.05, 0.1) is 7.11 Å². The first kappa shape index (κ1) is 12.3. The number of nitrogens with one attached hydrogen (secondary N) is 1. The van der Waals surface area contributed by atoms with Gasteiger partial charge in [-0.1, -0.05) is 6.07 Å². The summed E-state index contributed by atoms with van der Waals surface area (Å²) in [5.74, 6) is 4.31. The molecule has 0 fully saturated rings. The Kier molecular flexibility index (Phi) is 3.69. The highest BCUT2D eigenvalue weighted by atomic mass is 16.5. The van der Waals surface area contributed by atoms with Crippen molar-refractivity contribution in [3.8, 4) is 18.1 Å². The van der Waals surface area contributed by atoms with Crippen LogP contribution in [0.3, 0.4) is 0 Å². The van der Waals surface area contributed by atoms with E-state index in [9.17, 15) is 0 Å². The monoisotopic (exact) mass is 240 g/mol. The van der Waals surface area contributed by atoms with Crippen LogP contribution in [0, 0.1) is 12.3 Å². The third-order valence-corrected chi connectivity index (χ3v) is 2.78. The van der Waals surface area contributed by atoms with Crippen molar-refractivity contribution in [2.75, 3.05) is 12.4 Å². The molecule has 1 atom stereocenters. The fourth-order valence-electron chi connectivity index (χ4n) is 1.85. The molecule has 3 heteroatoms. The number of methoxy groups -OCH3 is 1. The Hall–Kier alpha value is -2.21. The van der Waals surface area contributed by atoms with Crippen molar-refractivity contribution >= 4 is 16.6 Å². The lowest BCUT2D eigenvalue weighted by Gasteiger charge is -2.14. The molecule has 92 valence electrons. The molecule has 0 aliphatic carbocycles. The molecule has 1 unspecified atom stereocenters. The minimum Gasteiger partial charge on any atom is -0.497 e. The number of hydrogen-bond acceptors (Lipinski definition) is 3. The van der Waals surface area contributed by atoms with E-state index in [1.807, 2.05) is 31.2 Å². The molecule has 0 aliphatic heterocycles. The van der Waals surface area contributed by atoms with Crippen molar-refractivity contribution in [3.63, 3.8) is 0 Å². The van der Waals surface area contributed by atoms with Gasteiger partial charge in [0.2, 0.25) is 0 Å². The van der Waals surface area contributed by atoms with Gasteiger partial charge in [0, 0.05) is 24.0 Å². The molecule has 0 saturated carbocycles. The van der Waals surface area contributed by atoms with Crippen LogP contribution >= 0.6 is 0 Å². The van der Waals surface area contributed by atoms with Gasteiger partial charge in [-0.05, 0) is 30.5 Å². The van der Waals surface area contributed by atoms with Crippen molar-refractivity contribution < 1.29 is 4.74 Å². The van der Waals surface area contributed by atoms with E-state index in [0.29, 0.717) is 6.42 Å². The molecule has 0 aliphatic rings. The van der Waals surface area contributed by atoms with Gasteiger partial charge in [-0.2, -0.15) is 0 Å². The van der Waals surface area contributed by atoms with E-state index >= 15 is 0 Å². The quantitative estimate of drug-likeness (QED) is 0.834. The van der Waals surface area contributed by atoms with Crippen molar-refractivity contribution in [2.24, 2.45) is 0 Å². The second-order valence-electron chi connectivity index (χ2n) is 4.20. The maximum atomic E-state index is 5.31. The number of anilines is 1. The van der Waals surface area contributed by atoms with E-state index in [1.54, 1.807) is 13.3 Å². The van der Waals surface area contributed by atoms with E-state index in [1.165, 1.54) is 0 Å². The van der Waals surface area contributed by atoms with E-state index in [2.05, 4.69) is 16.2 Å². The maximum Gasteiger partial charge on any atom is 0.134 e. The van der Waals surface area contributed by atoms with Crippen LogP contribution in [0.25, 0.3) is 10.8 Å². The van der Waals surface area contributed by atoms with Gasteiger partial charge in [0.15, 0.2) is 0 Å². The summed E-state index contributed by atoms with van der Waals surface area (Å²) in [6.07, 6.45) is 7.77. The largest absolute Gasteiger partial charge is 0.497 e. The van der Waals surface area contributed by atoms with Crippen LogP contribution in [0.4, 0.5) is 5.82 Å². The standard InChI is InChI=1S/C15H16N2O/c1-4-5-11(2)17-15-14-10-13(18-3)7-6-12(14)8-9-16-15/h1,6-11H,5H2,2-3H3,(H,16,17). The van der Waals surface area contributed by atoms with Gasteiger partial charge < -0.3 is 10.1 Å². The van der Waals surface area contributed by atoms with Crippen molar-refractivity contribution in [2.45, 2.75) is 19.4 Å². The van der Waals surface area contributed by atoms with Crippen LogP contribution in [0.15, 0.2) is 30.5 Å². The lowest BCUT2D eigenvalue weighted by Crippen LogP contribution is -2.15. The number of aromatic nitrogens is 1. The zero-order valence-corrected chi connectivity index (χ0v) is 10.6. The van der Waals surface area contributed by atoms with E-state index < -0.39 is 0 Å². The summed E-state index contributed by atoms with van der Waals surface area (Å²) in [6.45, 7) is 2.04. The number of ether oxygens (including phenoxy) is 1. The van der Waals surface area contributed by atoms with E-state index in [-0.39, 0.29) is 6.04 Å². The predicted octanol–water partition coefficient (Wildman–Crippen LogP) is 3.07. The minimum absolute atomic E-state index is 0.194. The van der Waals surface area contributed by atoms with Gasteiger partial charge in [-0.15, -0.1) is 12.3 Å². The maximum absolute atomic E-state index is 5.31. The Labute approximate surface area is 107 Å². The van der Waals surface area contributed by atoms with Crippen LogP contribution in [0.2, 0.25) is 0 Å². The summed E-state index contributed by atoms with van der Waals surface area (Å²) in [4.78, 5) is 4.37. The molecular weight excluding hydrogens is 224 g/mol. The molecule has 2 rings (SSSR count). The predicted molar refractivity (Wildman–Crippen MR) is 74.8 cm³/mol. The Morgan fingerprint density at radius 3 is 3.00 bits per heavy atom. The van der Waals surface area contributed by atoms with Crippen LogP contribution in [-0.2, 0) is 0 Å². The lowest BCUT2D eigenvalue weighted by atomic mass is 10.1. The number of hydrogen-bond donors (Lipinski definition) is 1. The number of nitrogens with zero attached hydrogens (tertiary/aromatic N) is 1. The first-order valence-electron chi connectivity index (χ1n) is 5.87. The molecule has 0 bridgehead atoms. The zero-order chi connectivity index (χ0) is 13.0. The van der Waals surface area contributed by atoms with E-state index in [4.69, 9.17) is 11.2 Å². The molecule has 2 aromatic rings. The highest BCUT2D eigenvalue weighted by Gasteiger charge is 2.06. The topological polar surface area (TPSA) is 34.2 Å². The smallest absolute Gasteiger partial charge is 0.134 e. The third kappa shape index (κ3) is 2.54. The average Bonchev–Trinajstić information content (AvgIpc) is 2.39. The highest BCUT2D eigenvalue weighted by Crippen LogP contribution is 2.26. The van der Waals surface area contributed by atoms with Crippen LogP contribution in [0.1, 0.15) is 13.3 Å². The van der Waals surface area contributed by atoms with Gasteiger partial charge in [-0.25, -0.2) is 4.98 Å². The summed E-state index contributed by atoms with van der Waals surface area (Å²) in [5, 5.41) is 5.50. The molecule has 1 aromatic heterocycles. The number of fused-ring (bicyclic) bond motifs is 1. The summed E-state index contributed by atoms with van der Waals surface area (Å²) in [7, 11) is 1.66. The van der Waals surface area contributed by atoms with Crippen LogP contribution in [0.5, 0.6) is 5.75 Å². The third-order valence-electron chi connectivity index (χ3n) is 2.78. The molecule has 0 amide bonds. The Morgan fingerprint density at radius 1 is 1.44 bits per heavy atom. The molecule has 1 N–H and O–H groups in total. The lowest BCUT2D eigenvalue weighted by molar-refractivity contribution is 0.415. The zero-order valence-electron chi connectivity index (χ0n) is 10.6. The molecular formula is C15H16N2O. The summed E-state index contributed by atoms with van der Waals surface area (Å²) in [5.41, 5.74) is 0. The van der Waals surface area contributed by atoms with Crippen LogP contribution in [-0.4, -0.2) is 18.1 Å². The van der Waals surface area contributed by atoms with E-state index in [0.717, 1.165) is 22.3 Å². The molecule has 18 heavy (non-hydrogen) atoms. The van der Waals surface area contributed by atoms with Gasteiger partial charge in [0.1, 0.15) is 11.6 Å². The molecule has 0 radical (unpaired) electrons. The SMILES string of the molecule is C#CCC(C)Nc1nccc2ccc(OC)cc12. The fourth-order valence-corrected chi connectivity index (χ4v) is 1.85. The van der Waals surface area contributed by atoms with Crippen molar-refractivity contribution in [1.82, 2.24) is 4.98 Å². The first-order chi connectivity index (χ1) is 8.74. The molecule has 0 saturated heterocycles. The molecule has 0 spiro atoms. The van der Waals surface area contributed by atoms with Crippen LogP contribution < -0.4 is 10.1 Å². The number of benzene rings is 1. The number of terminal acetylenes is 1. The molecule has 1 heterocycles. The summed E-state index contributed by atoms with van der Waals surface area (Å²) >= 11 is 0. The summed E-state index contributed by atoms with van der Waals surface area (Å²) < 4.78 is 5.24. The highest BCUT2D eigenvalue weighted by molar-refractivity contribution is 5.92. The van der Waals surface area contributed by atoms with Crippen molar-refractivity contribution in [3.05, 3.63) is 30.5 Å². The van der Waals surface area contributed by atoms with Gasteiger partial charge in [-0.3, -0.25) is 0 Å². The van der Waals surface area contributed by atoms with Crippen molar-refractivity contribution in [1.29, 1.82) is 0 Å². The Bertz CT molecular complexity index is 587. The van der Waals surface area contributed by atoms with Gasteiger partial charge in [0.25, 0.3) is 0 Å². The minimum atomic E-state index is 0.194. The first-order valence-corrected chi connectivity index (χ1v) is 5.87. The average molecular weight is 240 g/mol. The molecule has 3 nitrogen and oxygen atoms in total. The van der Waals surface area contributed by atoms with Gasteiger partial charge >= 0.3 is 0 Å². The second kappa shape index (κ2) is 5.42. The number of pyridine rings is 1. The Balaban J connectivity index is 2.40.